The quantitative estimate of drug-likeness (QED) is 0.706. The van der Waals surface area contributed by atoms with Gasteiger partial charge in [-0.3, -0.25) is 9.59 Å². The summed E-state index contributed by atoms with van der Waals surface area (Å²) in [5.41, 5.74) is 0.834. The number of amides is 2. The van der Waals surface area contributed by atoms with E-state index in [0.717, 1.165) is 6.42 Å². The molecule has 0 aromatic heterocycles. The molecule has 1 N–H and O–H groups in total. The van der Waals surface area contributed by atoms with E-state index in [0.29, 0.717) is 18.7 Å². The van der Waals surface area contributed by atoms with Gasteiger partial charge in [0.25, 0.3) is 11.8 Å². The van der Waals surface area contributed by atoms with Gasteiger partial charge in [-0.05, 0) is 54.7 Å². The van der Waals surface area contributed by atoms with Gasteiger partial charge in [0.15, 0.2) is 0 Å². The Bertz CT molecular complexity index is 1120. The maximum Gasteiger partial charge on any atom is 0.255 e. The van der Waals surface area contributed by atoms with E-state index in [2.05, 4.69) is 5.32 Å². The lowest BCUT2D eigenvalue weighted by Crippen LogP contribution is -2.42. The number of rotatable bonds is 5. The first kappa shape index (κ1) is 24.2. The standard InChI is InChI=1S/C23H28ClN3O4S/c1-15-10-16(2)14-27(13-15)32(30,31)19-7-5-6-17(11-19)22(28)25-21-12-18(8-9-20(21)24)23(29)26(3)4/h5-9,11-12,15-16H,10,13-14H2,1-4H3,(H,25,28). The summed E-state index contributed by atoms with van der Waals surface area (Å²) >= 11 is 6.20. The van der Waals surface area contributed by atoms with Crippen LogP contribution in [0, 0.1) is 11.8 Å². The van der Waals surface area contributed by atoms with Crippen LogP contribution in [-0.4, -0.2) is 56.6 Å². The van der Waals surface area contributed by atoms with Crippen molar-refractivity contribution in [3.63, 3.8) is 0 Å². The Labute approximate surface area is 194 Å². The average Bonchev–Trinajstić information content (AvgIpc) is 2.74. The molecule has 172 valence electrons. The van der Waals surface area contributed by atoms with Crippen molar-refractivity contribution in [3.8, 4) is 0 Å². The van der Waals surface area contributed by atoms with E-state index in [9.17, 15) is 18.0 Å². The molecular formula is C23H28ClN3O4S. The van der Waals surface area contributed by atoms with Crippen LogP contribution in [0.1, 0.15) is 41.0 Å². The molecule has 32 heavy (non-hydrogen) atoms. The first-order valence-corrected chi connectivity index (χ1v) is 12.2. The Balaban J connectivity index is 1.85. The first-order valence-electron chi connectivity index (χ1n) is 10.4. The van der Waals surface area contributed by atoms with Crippen molar-refractivity contribution < 1.29 is 18.0 Å². The summed E-state index contributed by atoms with van der Waals surface area (Å²) in [6.45, 7) is 5.01. The molecule has 2 aromatic rings. The van der Waals surface area contributed by atoms with Gasteiger partial charge in [-0.2, -0.15) is 4.31 Å². The fourth-order valence-electron chi connectivity index (χ4n) is 3.96. The summed E-state index contributed by atoms with van der Waals surface area (Å²) in [5.74, 6) is -0.187. The summed E-state index contributed by atoms with van der Waals surface area (Å²) in [6, 6.07) is 10.6. The molecule has 0 spiro atoms. The molecule has 0 radical (unpaired) electrons. The average molecular weight is 478 g/mol. The van der Waals surface area contributed by atoms with Crippen LogP contribution in [0.25, 0.3) is 0 Å². The zero-order valence-corrected chi connectivity index (χ0v) is 20.2. The van der Waals surface area contributed by atoms with Gasteiger partial charge < -0.3 is 10.2 Å². The van der Waals surface area contributed by atoms with Crippen molar-refractivity contribution in [2.45, 2.75) is 25.2 Å². The van der Waals surface area contributed by atoms with Gasteiger partial charge in [-0.25, -0.2) is 8.42 Å². The van der Waals surface area contributed by atoms with E-state index < -0.39 is 15.9 Å². The minimum atomic E-state index is -3.72. The Morgan fingerprint density at radius 3 is 2.31 bits per heavy atom. The van der Waals surface area contributed by atoms with E-state index in [1.165, 1.54) is 33.5 Å². The first-order chi connectivity index (χ1) is 15.0. The topological polar surface area (TPSA) is 86.8 Å². The molecule has 0 bridgehead atoms. The predicted octanol–water partition coefficient (Wildman–Crippen LogP) is 3.96. The highest BCUT2D eigenvalue weighted by Gasteiger charge is 2.32. The van der Waals surface area contributed by atoms with E-state index in [1.54, 1.807) is 32.3 Å². The molecule has 1 saturated heterocycles. The van der Waals surface area contributed by atoms with Gasteiger partial charge in [0.05, 0.1) is 15.6 Å². The van der Waals surface area contributed by atoms with Crippen LogP contribution in [0.5, 0.6) is 0 Å². The molecule has 2 atom stereocenters. The Morgan fingerprint density at radius 1 is 1.03 bits per heavy atom. The van der Waals surface area contributed by atoms with E-state index in [-0.39, 0.29) is 38.9 Å². The minimum Gasteiger partial charge on any atom is -0.345 e. The fourth-order valence-corrected chi connectivity index (χ4v) is 5.85. The molecule has 0 aliphatic carbocycles. The zero-order chi connectivity index (χ0) is 23.6. The Kier molecular flexibility index (Phi) is 7.27. The minimum absolute atomic E-state index is 0.0779. The fraction of sp³-hybridized carbons (Fsp3) is 0.391. The number of nitrogens with zero attached hydrogens (tertiary/aromatic N) is 2. The van der Waals surface area contributed by atoms with Crippen LogP contribution in [0.4, 0.5) is 5.69 Å². The number of piperidine rings is 1. The smallest absolute Gasteiger partial charge is 0.255 e. The van der Waals surface area contributed by atoms with Crippen molar-refractivity contribution in [1.29, 1.82) is 0 Å². The van der Waals surface area contributed by atoms with Crippen molar-refractivity contribution in [2.75, 3.05) is 32.5 Å². The second-order valence-electron chi connectivity index (χ2n) is 8.64. The number of hydrogen-bond donors (Lipinski definition) is 1. The number of anilines is 1. The molecule has 3 rings (SSSR count). The van der Waals surface area contributed by atoms with Crippen molar-refractivity contribution >= 4 is 39.1 Å². The summed E-state index contributed by atoms with van der Waals surface area (Å²) in [7, 11) is -0.455. The molecule has 2 amide bonds. The van der Waals surface area contributed by atoms with Crippen molar-refractivity contribution in [3.05, 3.63) is 58.6 Å². The van der Waals surface area contributed by atoms with Crippen LogP contribution in [0.3, 0.4) is 0 Å². The maximum atomic E-state index is 13.2. The highest BCUT2D eigenvalue weighted by atomic mass is 35.5. The number of nitrogens with one attached hydrogen (secondary N) is 1. The van der Waals surface area contributed by atoms with Crippen LogP contribution in [0.2, 0.25) is 5.02 Å². The van der Waals surface area contributed by atoms with Crippen LogP contribution < -0.4 is 5.32 Å². The Morgan fingerprint density at radius 2 is 1.69 bits per heavy atom. The monoisotopic (exact) mass is 477 g/mol. The molecule has 7 nitrogen and oxygen atoms in total. The van der Waals surface area contributed by atoms with Gasteiger partial charge in [-0.1, -0.05) is 31.5 Å². The van der Waals surface area contributed by atoms with Gasteiger partial charge in [0, 0.05) is 38.3 Å². The van der Waals surface area contributed by atoms with Gasteiger partial charge in [-0.15, -0.1) is 0 Å². The van der Waals surface area contributed by atoms with Gasteiger partial charge in [0.1, 0.15) is 0 Å². The highest BCUT2D eigenvalue weighted by Crippen LogP contribution is 2.28. The third kappa shape index (κ3) is 5.31. The third-order valence-corrected chi connectivity index (χ3v) is 7.59. The lowest BCUT2D eigenvalue weighted by Gasteiger charge is -2.34. The zero-order valence-electron chi connectivity index (χ0n) is 18.6. The summed E-state index contributed by atoms with van der Waals surface area (Å²) in [4.78, 5) is 26.6. The molecule has 2 unspecified atom stereocenters. The number of carbonyl (C=O) groups excluding carboxylic acids is 2. The molecule has 9 heteroatoms. The third-order valence-electron chi connectivity index (χ3n) is 5.44. The highest BCUT2D eigenvalue weighted by molar-refractivity contribution is 7.89. The number of carbonyl (C=O) groups is 2. The normalized spacial score (nSPS) is 19.4. The van der Waals surface area contributed by atoms with E-state index in [4.69, 9.17) is 11.6 Å². The maximum absolute atomic E-state index is 13.2. The van der Waals surface area contributed by atoms with Crippen LogP contribution >= 0.6 is 11.6 Å². The van der Waals surface area contributed by atoms with Crippen molar-refractivity contribution in [2.24, 2.45) is 11.8 Å². The number of benzene rings is 2. The number of sulfonamides is 1. The predicted molar refractivity (Wildman–Crippen MR) is 126 cm³/mol. The van der Waals surface area contributed by atoms with Gasteiger partial charge in [0.2, 0.25) is 10.0 Å². The summed E-state index contributed by atoms with van der Waals surface area (Å²) < 4.78 is 27.9. The lowest BCUT2D eigenvalue weighted by molar-refractivity contribution is 0.0827. The molecule has 1 heterocycles. The molecule has 1 aliphatic heterocycles. The second-order valence-corrected chi connectivity index (χ2v) is 11.0. The molecule has 0 saturated carbocycles. The molecule has 2 aromatic carbocycles. The molecule has 1 fully saturated rings. The van der Waals surface area contributed by atoms with E-state index in [1.807, 2.05) is 13.8 Å². The number of halogens is 1. The van der Waals surface area contributed by atoms with Gasteiger partial charge >= 0.3 is 0 Å². The van der Waals surface area contributed by atoms with Crippen molar-refractivity contribution in [1.82, 2.24) is 9.21 Å². The Hall–Kier alpha value is -2.42. The second kappa shape index (κ2) is 9.60. The summed E-state index contributed by atoms with van der Waals surface area (Å²) in [5, 5.41) is 2.95. The molecule has 1 aliphatic rings. The largest absolute Gasteiger partial charge is 0.345 e. The van der Waals surface area contributed by atoms with Crippen LogP contribution in [-0.2, 0) is 10.0 Å². The lowest BCUT2D eigenvalue weighted by atomic mass is 9.94. The number of hydrogen-bond acceptors (Lipinski definition) is 4. The van der Waals surface area contributed by atoms with E-state index >= 15 is 0 Å². The summed E-state index contributed by atoms with van der Waals surface area (Å²) in [6.07, 6.45) is 0.991. The molecular weight excluding hydrogens is 450 g/mol. The SMILES string of the molecule is CC1CC(C)CN(S(=O)(=O)c2cccc(C(=O)Nc3cc(C(=O)N(C)C)ccc3Cl)c2)C1. The van der Waals surface area contributed by atoms with Crippen LogP contribution in [0.15, 0.2) is 47.4 Å².